The summed E-state index contributed by atoms with van der Waals surface area (Å²) < 4.78 is 47.5. The third-order valence-electron chi connectivity index (χ3n) is 3.68. The molecule has 144 valence electrons. The van der Waals surface area contributed by atoms with Gasteiger partial charge in [-0.1, -0.05) is 0 Å². The maximum atomic E-state index is 13.0. The first-order valence-electron chi connectivity index (χ1n) is 7.84. The molecular weight excluding hydrogens is 377 g/mol. The number of esters is 1. The van der Waals surface area contributed by atoms with E-state index in [2.05, 4.69) is 10.1 Å². The number of halogens is 1. The molecule has 2 aromatic rings. The Morgan fingerprint density at radius 3 is 2.22 bits per heavy atom. The molecule has 0 aliphatic rings. The van der Waals surface area contributed by atoms with Crippen molar-refractivity contribution in [2.75, 3.05) is 19.0 Å². The molecule has 1 unspecified atom stereocenters. The lowest BCUT2D eigenvalue weighted by atomic mass is 10.3. The first-order valence-corrected chi connectivity index (χ1v) is 9.38. The van der Waals surface area contributed by atoms with Gasteiger partial charge in [-0.2, -0.15) is 0 Å². The molecule has 0 saturated heterocycles. The average Bonchev–Trinajstić information content (AvgIpc) is 2.66. The van der Waals surface area contributed by atoms with Gasteiger partial charge in [0.2, 0.25) is 5.91 Å². The number of benzene rings is 2. The van der Waals surface area contributed by atoms with Crippen LogP contribution >= 0.6 is 0 Å². The van der Waals surface area contributed by atoms with Crippen molar-refractivity contribution in [2.24, 2.45) is 0 Å². The van der Waals surface area contributed by atoms with Crippen LogP contribution in [0, 0.1) is 5.82 Å². The molecule has 0 aromatic heterocycles. The summed E-state index contributed by atoms with van der Waals surface area (Å²) in [5.74, 6) is -1.46. The van der Waals surface area contributed by atoms with Gasteiger partial charge in [0.05, 0.1) is 12.0 Å². The highest BCUT2D eigenvalue weighted by Crippen LogP contribution is 2.20. The Bertz CT molecular complexity index is 910. The van der Waals surface area contributed by atoms with Crippen molar-refractivity contribution in [1.82, 2.24) is 0 Å². The van der Waals surface area contributed by atoms with Crippen molar-refractivity contribution in [2.45, 2.75) is 17.1 Å². The first kappa shape index (κ1) is 20.4. The lowest BCUT2D eigenvalue weighted by Gasteiger charge is -2.14. The second kappa shape index (κ2) is 8.63. The zero-order valence-corrected chi connectivity index (χ0v) is 15.5. The molecule has 9 heteroatoms. The minimum absolute atomic E-state index is 0.141. The van der Waals surface area contributed by atoms with Gasteiger partial charge in [-0.25, -0.2) is 17.6 Å². The van der Waals surface area contributed by atoms with Crippen LogP contribution in [0.25, 0.3) is 0 Å². The Hall–Kier alpha value is -2.94. The monoisotopic (exact) mass is 395 g/mol. The molecule has 1 amide bonds. The highest BCUT2D eigenvalue weighted by Gasteiger charge is 2.29. The SMILES string of the molecule is COC(=O)COc1ccc(NC(=O)C(C)S(=O)(=O)c2ccc(F)cc2)cc1. The number of sulfone groups is 1. The fourth-order valence-corrected chi connectivity index (χ4v) is 3.31. The predicted octanol–water partition coefficient (Wildman–Crippen LogP) is 2.18. The molecule has 0 fully saturated rings. The first-order chi connectivity index (χ1) is 12.7. The van der Waals surface area contributed by atoms with Gasteiger partial charge in [-0.15, -0.1) is 0 Å². The Balaban J connectivity index is 2.03. The number of rotatable bonds is 7. The molecule has 0 heterocycles. The van der Waals surface area contributed by atoms with Crippen LogP contribution in [0.3, 0.4) is 0 Å². The normalized spacial score (nSPS) is 12.1. The third kappa shape index (κ3) is 5.27. The van der Waals surface area contributed by atoms with Crippen molar-refractivity contribution in [3.63, 3.8) is 0 Å². The Morgan fingerprint density at radius 2 is 1.67 bits per heavy atom. The highest BCUT2D eigenvalue weighted by molar-refractivity contribution is 7.92. The standard InChI is InChI=1S/C18H18FNO6S/c1-12(27(23,24)16-9-3-13(19)4-10-16)18(22)20-14-5-7-15(8-6-14)26-11-17(21)25-2/h3-10,12H,11H2,1-2H3,(H,20,22). The van der Waals surface area contributed by atoms with E-state index in [9.17, 15) is 22.4 Å². The largest absolute Gasteiger partial charge is 0.482 e. The van der Waals surface area contributed by atoms with E-state index in [1.165, 1.54) is 38.3 Å². The minimum Gasteiger partial charge on any atom is -0.482 e. The van der Waals surface area contributed by atoms with Crippen LogP contribution in [0.15, 0.2) is 53.4 Å². The smallest absolute Gasteiger partial charge is 0.343 e. The number of hydrogen-bond acceptors (Lipinski definition) is 6. The third-order valence-corrected chi connectivity index (χ3v) is 5.76. The van der Waals surface area contributed by atoms with Gasteiger partial charge in [-0.05, 0) is 55.5 Å². The number of ether oxygens (including phenoxy) is 2. The van der Waals surface area contributed by atoms with Gasteiger partial charge in [0.15, 0.2) is 16.4 Å². The Kier molecular flexibility index (Phi) is 6.51. The number of anilines is 1. The molecule has 7 nitrogen and oxygen atoms in total. The van der Waals surface area contributed by atoms with Crippen molar-refractivity contribution < 1.29 is 31.9 Å². The molecule has 27 heavy (non-hydrogen) atoms. The molecule has 0 radical (unpaired) electrons. The highest BCUT2D eigenvalue weighted by atomic mass is 32.2. The van der Waals surface area contributed by atoms with Crippen LogP contribution in [-0.2, 0) is 24.2 Å². The average molecular weight is 395 g/mol. The van der Waals surface area contributed by atoms with Gasteiger partial charge in [0.25, 0.3) is 0 Å². The van der Waals surface area contributed by atoms with Gasteiger partial charge >= 0.3 is 5.97 Å². The summed E-state index contributed by atoms with van der Waals surface area (Å²) in [6, 6.07) is 10.3. The fourth-order valence-electron chi connectivity index (χ4n) is 2.05. The van der Waals surface area contributed by atoms with E-state index in [0.717, 1.165) is 24.3 Å². The van der Waals surface area contributed by atoms with Gasteiger partial charge < -0.3 is 14.8 Å². The van der Waals surface area contributed by atoms with Crippen molar-refractivity contribution in [1.29, 1.82) is 0 Å². The molecule has 2 rings (SSSR count). The van der Waals surface area contributed by atoms with E-state index in [4.69, 9.17) is 4.74 Å². The zero-order chi connectivity index (χ0) is 20.0. The zero-order valence-electron chi connectivity index (χ0n) is 14.6. The molecule has 0 aliphatic carbocycles. The summed E-state index contributed by atoms with van der Waals surface area (Å²) in [6.07, 6.45) is 0. The predicted molar refractivity (Wildman–Crippen MR) is 95.6 cm³/mol. The van der Waals surface area contributed by atoms with Crippen LogP contribution in [-0.4, -0.2) is 39.3 Å². The summed E-state index contributed by atoms with van der Waals surface area (Å²) in [5.41, 5.74) is 0.353. The number of amides is 1. The minimum atomic E-state index is -3.96. The summed E-state index contributed by atoms with van der Waals surface area (Å²) in [5, 5.41) is 1.12. The maximum absolute atomic E-state index is 13.0. The maximum Gasteiger partial charge on any atom is 0.343 e. The molecule has 0 spiro atoms. The van der Waals surface area contributed by atoms with Crippen molar-refractivity contribution in [3.05, 3.63) is 54.3 Å². The molecule has 1 N–H and O–H groups in total. The summed E-state index contributed by atoms with van der Waals surface area (Å²) in [4.78, 5) is 23.2. The molecular formula is C18H18FNO6S. The second-order valence-corrected chi connectivity index (χ2v) is 7.79. The van der Waals surface area contributed by atoms with Crippen molar-refractivity contribution >= 4 is 27.4 Å². The molecule has 0 aliphatic heterocycles. The van der Waals surface area contributed by atoms with E-state index < -0.39 is 32.8 Å². The second-order valence-electron chi connectivity index (χ2n) is 5.52. The van der Waals surface area contributed by atoms with E-state index in [0.29, 0.717) is 11.4 Å². The van der Waals surface area contributed by atoms with E-state index in [1.54, 1.807) is 0 Å². The topological polar surface area (TPSA) is 98.8 Å². The molecule has 0 saturated carbocycles. The number of carbonyl (C=O) groups excluding carboxylic acids is 2. The van der Waals surface area contributed by atoms with Crippen LogP contribution in [0.5, 0.6) is 5.75 Å². The molecule has 0 bridgehead atoms. The summed E-state index contributed by atoms with van der Waals surface area (Å²) in [6.45, 7) is 0.997. The Labute approximate surface area is 156 Å². The summed E-state index contributed by atoms with van der Waals surface area (Å²) >= 11 is 0. The lowest BCUT2D eigenvalue weighted by Crippen LogP contribution is -2.32. The van der Waals surface area contributed by atoms with Crippen LogP contribution < -0.4 is 10.1 Å². The number of nitrogens with one attached hydrogen (secondary N) is 1. The molecule has 2 aromatic carbocycles. The van der Waals surface area contributed by atoms with Gasteiger partial charge in [-0.3, -0.25) is 4.79 Å². The van der Waals surface area contributed by atoms with Crippen LogP contribution in [0.1, 0.15) is 6.92 Å². The van der Waals surface area contributed by atoms with Gasteiger partial charge in [0.1, 0.15) is 16.8 Å². The van der Waals surface area contributed by atoms with E-state index >= 15 is 0 Å². The number of hydrogen-bond donors (Lipinski definition) is 1. The van der Waals surface area contributed by atoms with Crippen molar-refractivity contribution in [3.8, 4) is 5.75 Å². The number of methoxy groups -OCH3 is 1. The quantitative estimate of drug-likeness (QED) is 0.570. The number of carbonyl (C=O) groups is 2. The van der Waals surface area contributed by atoms with Crippen LogP contribution in [0.4, 0.5) is 10.1 Å². The summed E-state index contributed by atoms with van der Waals surface area (Å²) in [7, 11) is -2.72. The fraction of sp³-hybridized carbons (Fsp3) is 0.222. The van der Waals surface area contributed by atoms with Crippen LogP contribution in [0.2, 0.25) is 0 Å². The molecule has 1 atom stereocenters. The Morgan fingerprint density at radius 1 is 1.07 bits per heavy atom. The van der Waals surface area contributed by atoms with E-state index in [-0.39, 0.29) is 11.5 Å². The van der Waals surface area contributed by atoms with E-state index in [1.807, 2.05) is 0 Å². The lowest BCUT2D eigenvalue weighted by molar-refractivity contribution is -0.142. The van der Waals surface area contributed by atoms with Gasteiger partial charge in [0, 0.05) is 5.69 Å².